The number of carbonyl (C=O) groups is 2. The summed E-state index contributed by atoms with van der Waals surface area (Å²) in [4.78, 5) is 25.9. The summed E-state index contributed by atoms with van der Waals surface area (Å²) in [6.07, 6.45) is 0.486. The number of esters is 1. The normalized spacial score (nSPS) is 18.0. The highest BCUT2D eigenvalue weighted by atomic mass is 79.9. The number of ether oxygens (including phenoxy) is 2. The van der Waals surface area contributed by atoms with E-state index in [4.69, 9.17) is 9.47 Å². The third-order valence-corrected chi connectivity index (χ3v) is 4.33. The molecule has 114 valence electrons. The lowest BCUT2D eigenvalue weighted by molar-refractivity contribution is -0.117. The van der Waals surface area contributed by atoms with Gasteiger partial charge in [-0.25, -0.2) is 4.79 Å². The molecule has 2 rings (SSSR count). The van der Waals surface area contributed by atoms with Crippen molar-refractivity contribution < 1.29 is 19.1 Å². The van der Waals surface area contributed by atoms with Crippen LogP contribution < -0.4 is 9.64 Å². The van der Waals surface area contributed by atoms with Gasteiger partial charge in [-0.1, -0.05) is 15.9 Å². The Hall–Kier alpha value is -1.56. The minimum Gasteiger partial charge on any atom is -0.497 e. The molecule has 0 bridgehead atoms. The molecular formula is C15H18BrNO4. The summed E-state index contributed by atoms with van der Waals surface area (Å²) in [5, 5.41) is 0.764. The standard InChI is InChI=1S/C15H18BrNO4/c1-3-21-15(19)12-7-11(20-2)4-5-13(12)17-9-10(8-16)6-14(17)18/h4-5,7,10H,3,6,8-9H2,1-2H3. The molecule has 1 aromatic rings. The Bertz CT molecular complexity index is 546. The molecule has 0 aliphatic carbocycles. The monoisotopic (exact) mass is 355 g/mol. The highest BCUT2D eigenvalue weighted by molar-refractivity contribution is 9.09. The van der Waals surface area contributed by atoms with Gasteiger partial charge in [-0.3, -0.25) is 4.79 Å². The van der Waals surface area contributed by atoms with E-state index in [0.717, 1.165) is 5.33 Å². The lowest BCUT2D eigenvalue weighted by Gasteiger charge is -2.20. The Balaban J connectivity index is 2.38. The fourth-order valence-corrected chi connectivity index (χ4v) is 2.80. The SMILES string of the molecule is CCOC(=O)c1cc(OC)ccc1N1CC(CBr)CC1=O. The van der Waals surface area contributed by atoms with Crippen LogP contribution in [0.1, 0.15) is 23.7 Å². The topological polar surface area (TPSA) is 55.8 Å². The van der Waals surface area contributed by atoms with Gasteiger partial charge in [-0.15, -0.1) is 0 Å². The number of methoxy groups -OCH3 is 1. The van der Waals surface area contributed by atoms with Crippen LogP contribution in [0.3, 0.4) is 0 Å². The lowest BCUT2D eigenvalue weighted by atomic mass is 10.1. The Morgan fingerprint density at radius 3 is 2.81 bits per heavy atom. The van der Waals surface area contributed by atoms with Crippen LogP contribution in [0.15, 0.2) is 18.2 Å². The second-order valence-electron chi connectivity index (χ2n) is 4.83. The first kappa shape index (κ1) is 15.8. The van der Waals surface area contributed by atoms with Crippen molar-refractivity contribution in [1.82, 2.24) is 0 Å². The molecule has 1 amide bonds. The first-order valence-corrected chi connectivity index (χ1v) is 7.94. The number of halogens is 1. The zero-order chi connectivity index (χ0) is 15.4. The number of rotatable bonds is 5. The number of alkyl halides is 1. The number of hydrogen-bond donors (Lipinski definition) is 0. The Kier molecular flexibility index (Phi) is 5.22. The third kappa shape index (κ3) is 3.37. The van der Waals surface area contributed by atoms with Crippen molar-refractivity contribution in [2.45, 2.75) is 13.3 Å². The zero-order valence-electron chi connectivity index (χ0n) is 12.1. The van der Waals surface area contributed by atoms with E-state index >= 15 is 0 Å². The molecule has 1 heterocycles. The minimum absolute atomic E-state index is 0.0233. The van der Waals surface area contributed by atoms with Crippen molar-refractivity contribution in [3.63, 3.8) is 0 Å². The van der Waals surface area contributed by atoms with Crippen LogP contribution in [0.25, 0.3) is 0 Å². The van der Waals surface area contributed by atoms with Gasteiger partial charge < -0.3 is 14.4 Å². The van der Waals surface area contributed by atoms with Gasteiger partial charge in [0.2, 0.25) is 5.91 Å². The van der Waals surface area contributed by atoms with Gasteiger partial charge in [-0.05, 0) is 31.0 Å². The third-order valence-electron chi connectivity index (χ3n) is 3.41. The predicted molar refractivity (Wildman–Crippen MR) is 83.2 cm³/mol. The van der Waals surface area contributed by atoms with Gasteiger partial charge >= 0.3 is 5.97 Å². The van der Waals surface area contributed by atoms with Gasteiger partial charge in [0, 0.05) is 18.3 Å². The molecule has 1 aromatic carbocycles. The van der Waals surface area contributed by atoms with Crippen LogP contribution in [0.2, 0.25) is 0 Å². The number of carbonyl (C=O) groups excluding carboxylic acids is 2. The van der Waals surface area contributed by atoms with Gasteiger partial charge in [0.1, 0.15) is 5.75 Å². The average molecular weight is 356 g/mol. The first-order valence-electron chi connectivity index (χ1n) is 6.82. The van der Waals surface area contributed by atoms with Gasteiger partial charge in [-0.2, -0.15) is 0 Å². The van der Waals surface area contributed by atoms with E-state index in [1.54, 1.807) is 30.0 Å². The molecule has 5 nitrogen and oxygen atoms in total. The van der Waals surface area contributed by atoms with Crippen molar-refractivity contribution in [2.75, 3.05) is 30.5 Å². The van der Waals surface area contributed by atoms with Crippen molar-refractivity contribution in [2.24, 2.45) is 5.92 Å². The van der Waals surface area contributed by atoms with Crippen LogP contribution in [0.4, 0.5) is 5.69 Å². The second-order valence-corrected chi connectivity index (χ2v) is 5.48. The quantitative estimate of drug-likeness (QED) is 0.601. The number of anilines is 1. The van der Waals surface area contributed by atoms with Gasteiger partial charge in [0.15, 0.2) is 0 Å². The van der Waals surface area contributed by atoms with E-state index < -0.39 is 5.97 Å². The molecule has 0 N–H and O–H groups in total. The molecule has 1 fully saturated rings. The predicted octanol–water partition coefficient (Wildman–Crippen LogP) is 2.62. The van der Waals surface area contributed by atoms with Crippen LogP contribution in [0, 0.1) is 5.92 Å². The maximum Gasteiger partial charge on any atom is 0.340 e. The fraction of sp³-hybridized carbons (Fsp3) is 0.467. The largest absolute Gasteiger partial charge is 0.497 e. The molecule has 0 aromatic heterocycles. The molecule has 1 saturated heterocycles. The zero-order valence-corrected chi connectivity index (χ0v) is 13.7. The van der Waals surface area contributed by atoms with Crippen LogP contribution >= 0.6 is 15.9 Å². The number of amides is 1. The summed E-state index contributed by atoms with van der Waals surface area (Å²) in [6.45, 7) is 2.63. The summed E-state index contributed by atoms with van der Waals surface area (Å²) in [6, 6.07) is 5.09. The minimum atomic E-state index is -0.443. The van der Waals surface area contributed by atoms with E-state index in [0.29, 0.717) is 30.0 Å². The van der Waals surface area contributed by atoms with Crippen LogP contribution in [-0.2, 0) is 9.53 Å². The van der Waals surface area contributed by atoms with Gasteiger partial charge in [0.25, 0.3) is 0 Å². The Morgan fingerprint density at radius 2 is 2.24 bits per heavy atom. The maximum absolute atomic E-state index is 12.2. The first-order chi connectivity index (χ1) is 10.1. The van der Waals surface area contributed by atoms with E-state index in [2.05, 4.69) is 15.9 Å². The smallest absolute Gasteiger partial charge is 0.340 e. The second kappa shape index (κ2) is 6.93. The summed E-state index contributed by atoms with van der Waals surface area (Å²) >= 11 is 3.41. The maximum atomic E-state index is 12.2. The molecule has 1 aliphatic heterocycles. The molecular weight excluding hydrogens is 338 g/mol. The molecule has 6 heteroatoms. The highest BCUT2D eigenvalue weighted by Gasteiger charge is 2.32. The molecule has 1 aliphatic rings. The number of benzene rings is 1. The van der Waals surface area contributed by atoms with Crippen molar-refractivity contribution >= 4 is 33.5 Å². The summed E-state index contributed by atoms with van der Waals surface area (Å²) in [5.74, 6) is 0.400. The summed E-state index contributed by atoms with van der Waals surface area (Å²) < 4.78 is 10.2. The fourth-order valence-electron chi connectivity index (χ4n) is 2.37. The number of hydrogen-bond acceptors (Lipinski definition) is 4. The van der Waals surface area contributed by atoms with E-state index in [9.17, 15) is 9.59 Å². The summed E-state index contributed by atoms with van der Waals surface area (Å²) in [5.41, 5.74) is 0.947. The molecule has 0 radical (unpaired) electrons. The molecule has 21 heavy (non-hydrogen) atoms. The van der Waals surface area contributed by atoms with E-state index in [1.165, 1.54) is 7.11 Å². The summed E-state index contributed by atoms with van der Waals surface area (Å²) in [7, 11) is 1.53. The lowest BCUT2D eigenvalue weighted by Crippen LogP contribution is -2.27. The van der Waals surface area contributed by atoms with Crippen molar-refractivity contribution in [3.05, 3.63) is 23.8 Å². The Labute approximate surface area is 132 Å². The Morgan fingerprint density at radius 1 is 1.48 bits per heavy atom. The molecule has 1 unspecified atom stereocenters. The van der Waals surface area contributed by atoms with E-state index in [-0.39, 0.29) is 18.4 Å². The van der Waals surface area contributed by atoms with Crippen LogP contribution in [0.5, 0.6) is 5.75 Å². The molecule has 1 atom stereocenters. The van der Waals surface area contributed by atoms with Crippen molar-refractivity contribution in [3.8, 4) is 5.75 Å². The van der Waals surface area contributed by atoms with Crippen molar-refractivity contribution in [1.29, 1.82) is 0 Å². The van der Waals surface area contributed by atoms with Gasteiger partial charge in [0.05, 0.1) is 25.0 Å². The molecule has 0 spiro atoms. The molecule has 0 saturated carbocycles. The number of nitrogens with zero attached hydrogens (tertiary/aromatic N) is 1. The van der Waals surface area contributed by atoms with Crippen LogP contribution in [-0.4, -0.2) is 37.5 Å². The average Bonchev–Trinajstić information content (AvgIpc) is 2.88. The van der Waals surface area contributed by atoms with E-state index in [1.807, 2.05) is 0 Å². The highest BCUT2D eigenvalue weighted by Crippen LogP contribution is 2.31.